The summed E-state index contributed by atoms with van der Waals surface area (Å²) in [5, 5.41) is 1.11. The van der Waals surface area contributed by atoms with Gasteiger partial charge in [-0.05, 0) is 42.7 Å². The number of benzene rings is 2. The Morgan fingerprint density at radius 2 is 1.65 bits per heavy atom. The highest BCUT2D eigenvalue weighted by Gasteiger charge is 2.26. The molecule has 1 aromatic heterocycles. The number of nitrogens with zero attached hydrogens (tertiary/aromatic N) is 1. The minimum absolute atomic E-state index is 0.534. The minimum atomic E-state index is -0.534. The highest BCUT2D eigenvalue weighted by atomic mass is 14.7. The number of rotatable bonds is 2. The molecule has 1 unspecified atom stereocenters. The van der Waals surface area contributed by atoms with Crippen molar-refractivity contribution in [1.29, 1.82) is 0 Å². The number of hydrogen-bond donors (Lipinski definition) is 1. The van der Waals surface area contributed by atoms with Gasteiger partial charge in [0.15, 0.2) is 0 Å². The van der Waals surface area contributed by atoms with Crippen LogP contribution in [0.3, 0.4) is 0 Å². The molecule has 0 amide bonds. The summed E-state index contributed by atoms with van der Waals surface area (Å²) >= 11 is 0. The molecule has 0 aliphatic heterocycles. The van der Waals surface area contributed by atoms with Crippen LogP contribution in [0.5, 0.6) is 0 Å². The SMILES string of the molecule is Cc1ccccc1C(C)(N)c1cccc2ncccc12. The maximum absolute atomic E-state index is 6.70. The molecule has 3 aromatic rings. The third-order valence-corrected chi connectivity index (χ3v) is 3.91. The summed E-state index contributed by atoms with van der Waals surface area (Å²) in [7, 11) is 0. The van der Waals surface area contributed by atoms with E-state index in [1.165, 1.54) is 5.56 Å². The summed E-state index contributed by atoms with van der Waals surface area (Å²) in [6.45, 7) is 4.17. The summed E-state index contributed by atoms with van der Waals surface area (Å²) < 4.78 is 0. The molecule has 100 valence electrons. The third kappa shape index (κ3) is 1.98. The molecule has 20 heavy (non-hydrogen) atoms. The fourth-order valence-corrected chi connectivity index (χ4v) is 2.86. The van der Waals surface area contributed by atoms with E-state index < -0.39 is 5.54 Å². The van der Waals surface area contributed by atoms with Gasteiger partial charge in [0, 0.05) is 11.6 Å². The second-order valence-electron chi connectivity index (χ2n) is 5.39. The van der Waals surface area contributed by atoms with Gasteiger partial charge in [0.2, 0.25) is 0 Å². The first-order chi connectivity index (χ1) is 9.60. The lowest BCUT2D eigenvalue weighted by atomic mass is 9.81. The van der Waals surface area contributed by atoms with E-state index in [4.69, 9.17) is 5.73 Å². The first-order valence-electron chi connectivity index (χ1n) is 6.80. The Kier molecular flexibility index (Phi) is 3.03. The molecular weight excluding hydrogens is 244 g/mol. The Labute approximate surface area is 119 Å². The van der Waals surface area contributed by atoms with Crippen LogP contribution in [0.2, 0.25) is 0 Å². The van der Waals surface area contributed by atoms with Crippen LogP contribution in [0.4, 0.5) is 0 Å². The van der Waals surface area contributed by atoms with Crippen molar-refractivity contribution in [3.8, 4) is 0 Å². The Morgan fingerprint density at radius 3 is 2.45 bits per heavy atom. The summed E-state index contributed by atoms with van der Waals surface area (Å²) in [5.41, 5.74) is 10.6. The van der Waals surface area contributed by atoms with Crippen molar-refractivity contribution in [1.82, 2.24) is 4.98 Å². The Balaban J connectivity index is 2.27. The van der Waals surface area contributed by atoms with Crippen molar-refractivity contribution in [3.05, 3.63) is 77.5 Å². The quantitative estimate of drug-likeness (QED) is 0.763. The topological polar surface area (TPSA) is 38.9 Å². The van der Waals surface area contributed by atoms with E-state index in [0.29, 0.717) is 0 Å². The van der Waals surface area contributed by atoms with Crippen molar-refractivity contribution >= 4 is 10.9 Å². The predicted octanol–water partition coefficient (Wildman–Crippen LogP) is 3.77. The zero-order valence-corrected chi connectivity index (χ0v) is 11.8. The zero-order valence-electron chi connectivity index (χ0n) is 11.8. The van der Waals surface area contributed by atoms with Crippen LogP contribution in [-0.2, 0) is 5.54 Å². The molecule has 0 aliphatic carbocycles. The van der Waals surface area contributed by atoms with Crippen molar-refractivity contribution in [2.24, 2.45) is 5.73 Å². The molecule has 3 rings (SSSR count). The lowest BCUT2D eigenvalue weighted by molar-refractivity contribution is 0.604. The van der Waals surface area contributed by atoms with E-state index in [2.05, 4.69) is 43.1 Å². The van der Waals surface area contributed by atoms with Crippen LogP contribution in [0.1, 0.15) is 23.6 Å². The van der Waals surface area contributed by atoms with Gasteiger partial charge in [-0.1, -0.05) is 42.5 Å². The van der Waals surface area contributed by atoms with Gasteiger partial charge in [-0.2, -0.15) is 0 Å². The van der Waals surface area contributed by atoms with Gasteiger partial charge < -0.3 is 5.73 Å². The third-order valence-electron chi connectivity index (χ3n) is 3.91. The number of nitrogens with two attached hydrogens (primary N) is 1. The molecule has 2 N–H and O–H groups in total. The molecule has 0 saturated heterocycles. The fraction of sp³-hybridized carbons (Fsp3) is 0.167. The van der Waals surface area contributed by atoms with Crippen LogP contribution < -0.4 is 5.73 Å². The maximum Gasteiger partial charge on any atom is 0.0705 e. The number of fused-ring (bicyclic) bond motifs is 1. The normalized spacial score (nSPS) is 14.2. The van der Waals surface area contributed by atoms with Crippen LogP contribution in [0.15, 0.2) is 60.8 Å². The lowest BCUT2D eigenvalue weighted by Gasteiger charge is -2.29. The van der Waals surface area contributed by atoms with Crippen molar-refractivity contribution in [2.75, 3.05) is 0 Å². The van der Waals surface area contributed by atoms with Gasteiger partial charge in [0.05, 0.1) is 11.1 Å². The fourth-order valence-electron chi connectivity index (χ4n) is 2.86. The highest BCUT2D eigenvalue weighted by molar-refractivity contribution is 5.83. The molecule has 0 fully saturated rings. The maximum atomic E-state index is 6.70. The largest absolute Gasteiger partial charge is 0.318 e. The average Bonchev–Trinajstić information content (AvgIpc) is 2.47. The Bertz CT molecular complexity index is 755. The molecule has 2 heteroatoms. The number of aromatic nitrogens is 1. The molecular formula is C18H18N2. The van der Waals surface area contributed by atoms with Gasteiger partial charge in [0.25, 0.3) is 0 Å². The zero-order chi connectivity index (χ0) is 14.2. The molecule has 2 nitrogen and oxygen atoms in total. The Morgan fingerprint density at radius 1 is 0.900 bits per heavy atom. The molecule has 1 atom stereocenters. The van der Waals surface area contributed by atoms with E-state index >= 15 is 0 Å². The molecule has 0 radical (unpaired) electrons. The van der Waals surface area contributed by atoms with Gasteiger partial charge in [-0.15, -0.1) is 0 Å². The van der Waals surface area contributed by atoms with Crippen LogP contribution >= 0.6 is 0 Å². The monoisotopic (exact) mass is 262 g/mol. The van der Waals surface area contributed by atoms with Crippen molar-refractivity contribution in [3.63, 3.8) is 0 Å². The number of aryl methyl sites for hydroxylation is 1. The highest BCUT2D eigenvalue weighted by Crippen LogP contribution is 2.33. The predicted molar refractivity (Wildman–Crippen MR) is 83.6 cm³/mol. The number of hydrogen-bond acceptors (Lipinski definition) is 2. The minimum Gasteiger partial charge on any atom is -0.318 e. The van der Waals surface area contributed by atoms with Gasteiger partial charge in [-0.3, -0.25) is 4.98 Å². The average molecular weight is 262 g/mol. The number of pyridine rings is 1. The van der Waals surface area contributed by atoms with E-state index in [1.54, 1.807) is 0 Å². The van der Waals surface area contributed by atoms with Crippen molar-refractivity contribution in [2.45, 2.75) is 19.4 Å². The van der Waals surface area contributed by atoms with E-state index in [9.17, 15) is 0 Å². The first kappa shape index (κ1) is 12.8. The smallest absolute Gasteiger partial charge is 0.0705 e. The molecule has 0 spiro atoms. The van der Waals surface area contributed by atoms with Crippen molar-refractivity contribution < 1.29 is 0 Å². The molecule has 0 bridgehead atoms. The molecule has 0 saturated carbocycles. The second kappa shape index (κ2) is 4.73. The van der Waals surface area contributed by atoms with Gasteiger partial charge in [0.1, 0.15) is 0 Å². The van der Waals surface area contributed by atoms with E-state index in [0.717, 1.165) is 22.0 Å². The molecule has 2 aromatic carbocycles. The van der Waals surface area contributed by atoms with Gasteiger partial charge in [-0.25, -0.2) is 0 Å². The summed E-state index contributed by atoms with van der Waals surface area (Å²) in [5.74, 6) is 0. The lowest BCUT2D eigenvalue weighted by Crippen LogP contribution is -2.35. The van der Waals surface area contributed by atoms with E-state index in [-0.39, 0.29) is 0 Å². The van der Waals surface area contributed by atoms with Crippen LogP contribution in [-0.4, -0.2) is 4.98 Å². The first-order valence-corrected chi connectivity index (χ1v) is 6.80. The summed E-state index contributed by atoms with van der Waals surface area (Å²) in [6, 6.07) is 18.5. The molecule has 1 heterocycles. The molecule has 0 aliphatic rings. The van der Waals surface area contributed by atoms with Crippen LogP contribution in [0, 0.1) is 6.92 Å². The Hall–Kier alpha value is -2.19. The van der Waals surface area contributed by atoms with E-state index in [1.807, 2.05) is 36.5 Å². The summed E-state index contributed by atoms with van der Waals surface area (Å²) in [6.07, 6.45) is 1.81. The second-order valence-corrected chi connectivity index (χ2v) is 5.39. The standard InChI is InChI=1S/C18H18N2/c1-13-7-3-4-9-15(13)18(2,19)16-10-5-11-17-14(16)8-6-12-20-17/h3-12H,19H2,1-2H3. The van der Waals surface area contributed by atoms with Crippen LogP contribution in [0.25, 0.3) is 10.9 Å². The summed E-state index contributed by atoms with van der Waals surface area (Å²) in [4.78, 5) is 4.42. The van der Waals surface area contributed by atoms with Gasteiger partial charge >= 0.3 is 0 Å².